The van der Waals surface area contributed by atoms with Crippen LogP contribution in [0.1, 0.15) is 18.9 Å². The van der Waals surface area contributed by atoms with Gasteiger partial charge in [-0.2, -0.15) is 0 Å². The maximum Gasteiger partial charge on any atom is 0.328 e. The summed E-state index contributed by atoms with van der Waals surface area (Å²) >= 11 is 0. The van der Waals surface area contributed by atoms with Gasteiger partial charge in [0.2, 0.25) is 0 Å². The van der Waals surface area contributed by atoms with E-state index < -0.39 is 11.5 Å². The lowest BCUT2D eigenvalue weighted by Crippen LogP contribution is -2.44. The van der Waals surface area contributed by atoms with E-state index in [1.165, 1.54) is 0 Å². The fraction of sp³-hybridized carbons (Fsp3) is 0.417. The molecule has 1 atom stereocenters. The molecular formula is C12H15NO4. The molecule has 1 unspecified atom stereocenters. The summed E-state index contributed by atoms with van der Waals surface area (Å²) in [6.45, 7) is 2.71. The molecule has 0 aliphatic carbocycles. The molecule has 0 bridgehead atoms. The molecule has 0 amide bonds. The molecule has 5 nitrogen and oxygen atoms in total. The van der Waals surface area contributed by atoms with E-state index in [2.05, 4.69) is 0 Å². The van der Waals surface area contributed by atoms with E-state index in [1.54, 1.807) is 25.1 Å². The highest BCUT2D eigenvalue weighted by Crippen LogP contribution is 2.34. The zero-order valence-corrected chi connectivity index (χ0v) is 9.60. The van der Waals surface area contributed by atoms with Gasteiger partial charge in [-0.1, -0.05) is 13.0 Å². The average Bonchev–Trinajstić information content (AvgIpc) is 2.37. The highest BCUT2D eigenvalue weighted by molar-refractivity contribution is 5.80. The Kier molecular flexibility index (Phi) is 2.93. The number of rotatable bonds is 3. The van der Waals surface area contributed by atoms with Crippen molar-refractivity contribution in [3.05, 3.63) is 23.8 Å². The van der Waals surface area contributed by atoms with Gasteiger partial charge in [0.1, 0.15) is 18.8 Å². The molecule has 1 aromatic carbocycles. The minimum absolute atomic E-state index is 0.308. The van der Waals surface area contributed by atoms with Gasteiger partial charge in [0.05, 0.1) is 0 Å². The van der Waals surface area contributed by atoms with Crippen LogP contribution in [0.2, 0.25) is 0 Å². The largest absolute Gasteiger partial charge is 0.486 e. The van der Waals surface area contributed by atoms with Crippen molar-refractivity contribution in [2.75, 3.05) is 13.2 Å². The lowest BCUT2D eigenvalue weighted by Gasteiger charge is -2.26. The number of fused-ring (bicyclic) bond motifs is 1. The van der Waals surface area contributed by atoms with Gasteiger partial charge in [-0.05, 0) is 24.1 Å². The van der Waals surface area contributed by atoms with Crippen molar-refractivity contribution in [3.8, 4) is 11.5 Å². The molecule has 2 rings (SSSR count). The van der Waals surface area contributed by atoms with E-state index in [4.69, 9.17) is 15.2 Å². The highest BCUT2D eigenvalue weighted by Gasteiger charge is 2.35. The molecule has 1 heterocycles. The molecule has 0 radical (unpaired) electrons. The Morgan fingerprint density at radius 1 is 1.41 bits per heavy atom. The van der Waals surface area contributed by atoms with E-state index in [-0.39, 0.29) is 0 Å². The van der Waals surface area contributed by atoms with Crippen molar-refractivity contribution in [1.82, 2.24) is 0 Å². The molecule has 17 heavy (non-hydrogen) atoms. The zero-order chi connectivity index (χ0) is 12.5. The van der Waals surface area contributed by atoms with Crippen LogP contribution in [0.5, 0.6) is 11.5 Å². The topological polar surface area (TPSA) is 81.8 Å². The van der Waals surface area contributed by atoms with E-state index in [1.807, 2.05) is 0 Å². The Morgan fingerprint density at radius 2 is 2.06 bits per heavy atom. The smallest absolute Gasteiger partial charge is 0.328 e. The van der Waals surface area contributed by atoms with Gasteiger partial charge in [-0.3, -0.25) is 0 Å². The van der Waals surface area contributed by atoms with Crippen LogP contribution < -0.4 is 15.2 Å². The van der Waals surface area contributed by atoms with E-state index in [9.17, 15) is 9.90 Å². The summed E-state index contributed by atoms with van der Waals surface area (Å²) in [5.74, 6) is 0.138. The SMILES string of the molecule is CCC(N)(C(=O)O)c1ccc2c(c1)OCCO2. The lowest BCUT2D eigenvalue weighted by atomic mass is 9.88. The Labute approximate surface area is 99.1 Å². The second-order valence-corrected chi connectivity index (χ2v) is 3.99. The first-order valence-corrected chi connectivity index (χ1v) is 5.50. The van der Waals surface area contributed by atoms with Crippen LogP contribution in [-0.2, 0) is 10.3 Å². The minimum atomic E-state index is -1.38. The number of carboxylic acids is 1. The second-order valence-electron chi connectivity index (χ2n) is 3.99. The van der Waals surface area contributed by atoms with Crippen molar-refractivity contribution in [1.29, 1.82) is 0 Å². The summed E-state index contributed by atoms with van der Waals surface area (Å²) in [4.78, 5) is 11.2. The monoisotopic (exact) mass is 237 g/mol. The van der Waals surface area contributed by atoms with Crippen LogP contribution in [0.4, 0.5) is 0 Å². The van der Waals surface area contributed by atoms with Gasteiger partial charge >= 0.3 is 5.97 Å². The van der Waals surface area contributed by atoms with Crippen LogP contribution >= 0.6 is 0 Å². The van der Waals surface area contributed by atoms with Crippen LogP contribution in [0.15, 0.2) is 18.2 Å². The van der Waals surface area contributed by atoms with E-state index in [0.29, 0.717) is 36.7 Å². The minimum Gasteiger partial charge on any atom is -0.486 e. The van der Waals surface area contributed by atoms with Gasteiger partial charge in [0.15, 0.2) is 11.5 Å². The molecule has 5 heteroatoms. The summed E-state index contributed by atoms with van der Waals surface area (Å²) in [5, 5.41) is 9.19. The maximum atomic E-state index is 11.2. The van der Waals surface area contributed by atoms with Gasteiger partial charge in [-0.25, -0.2) is 4.79 Å². The number of hydrogen-bond donors (Lipinski definition) is 2. The third-order valence-corrected chi connectivity index (χ3v) is 3.00. The van der Waals surface area contributed by atoms with Crippen molar-refractivity contribution in [3.63, 3.8) is 0 Å². The molecule has 0 saturated heterocycles. The van der Waals surface area contributed by atoms with Crippen LogP contribution in [0.25, 0.3) is 0 Å². The molecule has 92 valence electrons. The molecular weight excluding hydrogens is 222 g/mol. The summed E-state index contributed by atoms with van der Waals surface area (Å²) < 4.78 is 10.8. The second kappa shape index (κ2) is 4.25. The van der Waals surface area contributed by atoms with Crippen molar-refractivity contribution in [2.24, 2.45) is 5.73 Å². The van der Waals surface area contributed by atoms with Gasteiger partial charge in [0.25, 0.3) is 0 Å². The standard InChI is InChI=1S/C12H15NO4/c1-2-12(13,11(14)15)8-3-4-9-10(7-8)17-6-5-16-9/h3-4,7H,2,5-6,13H2,1H3,(H,14,15). The molecule has 0 saturated carbocycles. The number of aliphatic carboxylic acids is 1. The third-order valence-electron chi connectivity index (χ3n) is 3.00. The summed E-state index contributed by atoms with van der Waals surface area (Å²) in [6.07, 6.45) is 0.308. The van der Waals surface area contributed by atoms with Crippen LogP contribution in [-0.4, -0.2) is 24.3 Å². The summed E-state index contributed by atoms with van der Waals surface area (Å²) in [7, 11) is 0. The Bertz CT molecular complexity index is 446. The normalized spacial score (nSPS) is 17.3. The number of ether oxygens (including phenoxy) is 2. The molecule has 0 fully saturated rings. The predicted octanol–water partition coefficient (Wildman–Crippen LogP) is 1.11. The van der Waals surface area contributed by atoms with Crippen molar-refractivity contribution < 1.29 is 19.4 Å². The highest BCUT2D eigenvalue weighted by atomic mass is 16.6. The Hall–Kier alpha value is -1.75. The molecule has 3 N–H and O–H groups in total. The van der Waals surface area contributed by atoms with Crippen molar-refractivity contribution in [2.45, 2.75) is 18.9 Å². The van der Waals surface area contributed by atoms with Gasteiger partial charge in [-0.15, -0.1) is 0 Å². The van der Waals surface area contributed by atoms with Gasteiger partial charge < -0.3 is 20.3 Å². The molecule has 1 aliphatic rings. The molecule has 0 spiro atoms. The van der Waals surface area contributed by atoms with E-state index in [0.717, 1.165) is 0 Å². The fourth-order valence-corrected chi connectivity index (χ4v) is 1.80. The fourth-order valence-electron chi connectivity index (χ4n) is 1.80. The first-order valence-electron chi connectivity index (χ1n) is 5.50. The number of benzene rings is 1. The van der Waals surface area contributed by atoms with Crippen molar-refractivity contribution >= 4 is 5.97 Å². The molecule has 0 aromatic heterocycles. The average molecular weight is 237 g/mol. The first kappa shape index (κ1) is 11.7. The summed E-state index contributed by atoms with van der Waals surface area (Å²) in [5.41, 5.74) is 5.04. The lowest BCUT2D eigenvalue weighted by molar-refractivity contribution is -0.143. The van der Waals surface area contributed by atoms with Crippen LogP contribution in [0.3, 0.4) is 0 Å². The molecule has 1 aliphatic heterocycles. The van der Waals surface area contributed by atoms with E-state index >= 15 is 0 Å². The number of carboxylic acid groups (broad SMARTS) is 1. The number of hydrogen-bond acceptors (Lipinski definition) is 4. The Balaban J connectivity index is 2.42. The Morgan fingerprint density at radius 3 is 2.65 bits per heavy atom. The number of carbonyl (C=O) groups is 1. The maximum absolute atomic E-state index is 11.2. The van der Waals surface area contributed by atoms with Gasteiger partial charge in [0, 0.05) is 0 Å². The molecule has 1 aromatic rings. The zero-order valence-electron chi connectivity index (χ0n) is 9.60. The quantitative estimate of drug-likeness (QED) is 0.822. The number of nitrogens with two attached hydrogens (primary N) is 1. The van der Waals surface area contributed by atoms with Crippen LogP contribution in [0, 0.1) is 0 Å². The summed E-state index contributed by atoms with van der Waals surface area (Å²) in [6, 6.07) is 5.02. The predicted molar refractivity (Wildman–Crippen MR) is 61.2 cm³/mol. The first-order chi connectivity index (χ1) is 8.08. The third kappa shape index (κ3) is 1.93.